The molecule has 2 aromatic rings. The van der Waals surface area contributed by atoms with E-state index in [4.69, 9.17) is 0 Å². The number of nitrogens with zero attached hydrogens (tertiary/aromatic N) is 2. The second kappa shape index (κ2) is 5.76. The van der Waals surface area contributed by atoms with Gasteiger partial charge in [-0.3, -0.25) is 4.79 Å². The Morgan fingerprint density at radius 1 is 1.09 bits per heavy atom. The summed E-state index contributed by atoms with van der Waals surface area (Å²) in [4.78, 5) is 12.0. The number of rotatable bonds is 2. The number of benzene rings is 2. The van der Waals surface area contributed by atoms with Gasteiger partial charge in [-0.25, -0.2) is 5.01 Å². The number of hydrogen-bond donors (Lipinski definition) is 0. The highest BCUT2D eigenvalue weighted by molar-refractivity contribution is 6.03. The van der Waals surface area contributed by atoms with Crippen LogP contribution in [0.5, 0.6) is 0 Å². The maximum Gasteiger partial charge on any atom is 0.240 e. The van der Waals surface area contributed by atoms with Crippen molar-refractivity contribution in [2.24, 2.45) is 5.10 Å². The van der Waals surface area contributed by atoms with Crippen molar-refractivity contribution in [3.63, 3.8) is 0 Å². The lowest BCUT2D eigenvalue weighted by Gasteiger charge is -2.20. The van der Waals surface area contributed by atoms with E-state index in [9.17, 15) is 4.79 Å². The molecule has 22 heavy (non-hydrogen) atoms. The molecular formula is C19H20N2O. The Labute approximate surface area is 131 Å². The van der Waals surface area contributed by atoms with Gasteiger partial charge in [-0.05, 0) is 25.0 Å². The summed E-state index contributed by atoms with van der Waals surface area (Å²) < 4.78 is 0. The maximum atomic E-state index is 12.0. The largest absolute Gasteiger partial charge is 0.273 e. The molecule has 0 fully saturated rings. The zero-order valence-corrected chi connectivity index (χ0v) is 13.2. The first-order valence-corrected chi connectivity index (χ1v) is 7.55. The molecule has 0 unspecified atom stereocenters. The summed E-state index contributed by atoms with van der Waals surface area (Å²) in [7, 11) is 0. The van der Waals surface area contributed by atoms with Gasteiger partial charge in [0.25, 0.3) is 0 Å². The summed E-state index contributed by atoms with van der Waals surface area (Å²) in [5.41, 5.74) is 5.62. The molecule has 0 bridgehead atoms. The molecule has 0 saturated heterocycles. The van der Waals surface area contributed by atoms with Crippen molar-refractivity contribution in [2.75, 3.05) is 0 Å². The number of amides is 1. The van der Waals surface area contributed by atoms with Gasteiger partial charge in [0.15, 0.2) is 0 Å². The summed E-state index contributed by atoms with van der Waals surface area (Å²) >= 11 is 0. The van der Waals surface area contributed by atoms with E-state index in [2.05, 4.69) is 55.3 Å². The predicted molar refractivity (Wildman–Crippen MR) is 88.8 cm³/mol. The van der Waals surface area contributed by atoms with Crippen molar-refractivity contribution in [2.45, 2.75) is 33.2 Å². The van der Waals surface area contributed by atoms with E-state index in [0.717, 1.165) is 23.3 Å². The fourth-order valence-corrected chi connectivity index (χ4v) is 2.94. The standard InChI is InChI=1S/C19H20N2O/c1-13-6-4-8-16(10-13)18-12-19(21(20-18)15(3)22)17-9-5-7-14(2)11-17/h4-11,19H,12H2,1-3H3/t19-/m0/s1. The molecule has 0 aliphatic carbocycles. The summed E-state index contributed by atoms with van der Waals surface area (Å²) in [5, 5.41) is 6.20. The molecule has 3 rings (SSSR count). The molecule has 0 aromatic heterocycles. The summed E-state index contributed by atoms with van der Waals surface area (Å²) in [6.07, 6.45) is 0.756. The number of hydrazone groups is 1. The van der Waals surface area contributed by atoms with Gasteiger partial charge in [0, 0.05) is 13.3 Å². The van der Waals surface area contributed by atoms with Crippen molar-refractivity contribution in [3.8, 4) is 0 Å². The Bertz CT molecular complexity index is 749. The number of carbonyl (C=O) groups is 1. The van der Waals surface area contributed by atoms with Crippen LogP contribution in [-0.4, -0.2) is 16.6 Å². The van der Waals surface area contributed by atoms with Crippen LogP contribution in [0.25, 0.3) is 0 Å². The quantitative estimate of drug-likeness (QED) is 0.823. The lowest BCUT2D eigenvalue weighted by atomic mass is 9.97. The normalized spacial score (nSPS) is 17.5. The van der Waals surface area contributed by atoms with Gasteiger partial charge in [-0.15, -0.1) is 0 Å². The van der Waals surface area contributed by atoms with Gasteiger partial charge in [-0.2, -0.15) is 5.10 Å². The molecule has 0 spiro atoms. The van der Waals surface area contributed by atoms with Crippen LogP contribution in [-0.2, 0) is 4.79 Å². The van der Waals surface area contributed by atoms with Crippen molar-refractivity contribution in [1.29, 1.82) is 0 Å². The van der Waals surface area contributed by atoms with Crippen molar-refractivity contribution >= 4 is 11.6 Å². The van der Waals surface area contributed by atoms with Gasteiger partial charge in [0.2, 0.25) is 5.91 Å². The maximum absolute atomic E-state index is 12.0. The number of carbonyl (C=O) groups excluding carboxylic acids is 1. The molecule has 1 heterocycles. The summed E-state index contributed by atoms with van der Waals surface area (Å²) in [5.74, 6) is -0.0193. The number of aryl methyl sites for hydroxylation is 2. The SMILES string of the molecule is CC(=O)N1N=C(c2cccc(C)c2)C[C@H]1c1cccc(C)c1. The first-order valence-electron chi connectivity index (χ1n) is 7.55. The van der Waals surface area contributed by atoms with E-state index in [1.807, 2.05) is 12.1 Å². The van der Waals surface area contributed by atoms with Crippen molar-refractivity contribution < 1.29 is 4.79 Å². The average molecular weight is 292 g/mol. The van der Waals surface area contributed by atoms with E-state index in [-0.39, 0.29) is 11.9 Å². The zero-order chi connectivity index (χ0) is 15.7. The second-order valence-corrected chi connectivity index (χ2v) is 5.91. The molecule has 1 atom stereocenters. The Hall–Kier alpha value is -2.42. The Kier molecular flexibility index (Phi) is 3.80. The van der Waals surface area contributed by atoms with Crippen LogP contribution >= 0.6 is 0 Å². The van der Waals surface area contributed by atoms with Crippen LogP contribution in [0.1, 0.15) is 41.6 Å². The van der Waals surface area contributed by atoms with Crippen LogP contribution < -0.4 is 0 Å². The lowest BCUT2D eigenvalue weighted by molar-refractivity contribution is -0.130. The van der Waals surface area contributed by atoms with Crippen LogP contribution in [0.3, 0.4) is 0 Å². The van der Waals surface area contributed by atoms with E-state index in [1.165, 1.54) is 11.1 Å². The predicted octanol–water partition coefficient (Wildman–Crippen LogP) is 4.00. The molecule has 1 amide bonds. The average Bonchev–Trinajstić information content (AvgIpc) is 2.92. The van der Waals surface area contributed by atoms with E-state index in [0.29, 0.717) is 0 Å². The number of hydrogen-bond acceptors (Lipinski definition) is 2. The molecule has 0 saturated carbocycles. The van der Waals surface area contributed by atoms with Crippen LogP contribution in [0.2, 0.25) is 0 Å². The Balaban J connectivity index is 1.96. The van der Waals surface area contributed by atoms with Crippen molar-refractivity contribution in [1.82, 2.24) is 5.01 Å². The topological polar surface area (TPSA) is 32.7 Å². The molecule has 0 radical (unpaired) electrons. The summed E-state index contributed by atoms with van der Waals surface area (Å²) in [6.45, 7) is 5.71. The third-order valence-corrected chi connectivity index (χ3v) is 4.01. The molecule has 2 aromatic carbocycles. The monoisotopic (exact) mass is 292 g/mol. The van der Waals surface area contributed by atoms with Crippen molar-refractivity contribution in [3.05, 3.63) is 70.8 Å². The van der Waals surface area contributed by atoms with Crippen LogP contribution in [0, 0.1) is 13.8 Å². The fourth-order valence-electron chi connectivity index (χ4n) is 2.94. The molecule has 112 valence electrons. The minimum Gasteiger partial charge on any atom is -0.273 e. The first-order chi connectivity index (χ1) is 10.5. The molecule has 3 nitrogen and oxygen atoms in total. The fraction of sp³-hybridized carbons (Fsp3) is 0.263. The third-order valence-electron chi connectivity index (χ3n) is 4.01. The van der Waals surface area contributed by atoms with Gasteiger partial charge in [0.05, 0.1) is 11.8 Å². The lowest BCUT2D eigenvalue weighted by Crippen LogP contribution is -2.24. The molecule has 0 N–H and O–H groups in total. The first kappa shape index (κ1) is 14.5. The van der Waals surface area contributed by atoms with Gasteiger partial charge < -0.3 is 0 Å². The highest BCUT2D eigenvalue weighted by atomic mass is 16.2. The van der Waals surface area contributed by atoms with Gasteiger partial charge in [-0.1, -0.05) is 59.7 Å². The third kappa shape index (κ3) is 2.80. The molecule has 1 aliphatic rings. The molecular weight excluding hydrogens is 272 g/mol. The van der Waals surface area contributed by atoms with Crippen LogP contribution in [0.15, 0.2) is 53.6 Å². The Morgan fingerprint density at radius 3 is 2.41 bits per heavy atom. The minimum absolute atomic E-state index is 0.00656. The minimum atomic E-state index is -0.0193. The van der Waals surface area contributed by atoms with E-state index in [1.54, 1.807) is 11.9 Å². The Morgan fingerprint density at radius 2 is 1.77 bits per heavy atom. The zero-order valence-electron chi connectivity index (χ0n) is 13.2. The van der Waals surface area contributed by atoms with Gasteiger partial charge in [0.1, 0.15) is 0 Å². The summed E-state index contributed by atoms with van der Waals surface area (Å²) in [6, 6.07) is 16.6. The van der Waals surface area contributed by atoms with Gasteiger partial charge >= 0.3 is 0 Å². The smallest absolute Gasteiger partial charge is 0.240 e. The van der Waals surface area contributed by atoms with E-state index < -0.39 is 0 Å². The highest BCUT2D eigenvalue weighted by Gasteiger charge is 2.31. The second-order valence-electron chi connectivity index (χ2n) is 5.91. The molecule has 1 aliphatic heterocycles. The molecule has 3 heteroatoms. The highest BCUT2D eigenvalue weighted by Crippen LogP contribution is 2.33. The van der Waals surface area contributed by atoms with Crippen LogP contribution in [0.4, 0.5) is 0 Å². The van der Waals surface area contributed by atoms with E-state index >= 15 is 0 Å².